The number of aromatic nitrogens is 2. The van der Waals surface area contributed by atoms with E-state index >= 15 is 0 Å². The summed E-state index contributed by atoms with van der Waals surface area (Å²) >= 11 is 0. The first kappa shape index (κ1) is 20.4. The van der Waals surface area contributed by atoms with E-state index in [9.17, 15) is 18.5 Å². The van der Waals surface area contributed by atoms with E-state index in [-0.39, 0.29) is 29.7 Å². The molecule has 1 atom stereocenters. The molecule has 1 aromatic heterocycles. The Morgan fingerprint density at radius 3 is 2.50 bits per heavy atom. The van der Waals surface area contributed by atoms with Crippen LogP contribution in [-0.4, -0.2) is 58.9 Å². The molecule has 2 heterocycles. The van der Waals surface area contributed by atoms with Crippen molar-refractivity contribution in [3.8, 4) is 0 Å². The number of nitrogens with zero attached hydrogens (tertiary/aromatic N) is 5. The van der Waals surface area contributed by atoms with Gasteiger partial charge in [0, 0.05) is 44.7 Å². The summed E-state index contributed by atoms with van der Waals surface area (Å²) in [5.74, 6) is 1.09. The van der Waals surface area contributed by atoms with Gasteiger partial charge in [0.25, 0.3) is 5.69 Å². The number of aryl methyl sites for hydroxylation is 2. The van der Waals surface area contributed by atoms with Gasteiger partial charge in [-0.15, -0.1) is 10.2 Å². The van der Waals surface area contributed by atoms with Crippen molar-refractivity contribution in [3.63, 3.8) is 0 Å². The fourth-order valence-corrected chi connectivity index (χ4v) is 4.85. The van der Waals surface area contributed by atoms with Gasteiger partial charge >= 0.3 is 0 Å². The zero-order valence-electron chi connectivity index (χ0n) is 16.0. The Morgan fingerprint density at radius 1 is 1.25 bits per heavy atom. The molecule has 1 unspecified atom stereocenters. The van der Waals surface area contributed by atoms with Crippen molar-refractivity contribution in [2.45, 2.75) is 38.1 Å². The van der Waals surface area contributed by atoms with Crippen LogP contribution in [0.5, 0.6) is 0 Å². The Bertz CT molecular complexity index is 966. The van der Waals surface area contributed by atoms with Crippen LogP contribution >= 0.6 is 0 Å². The minimum atomic E-state index is -3.81. The molecule has 1 saturated heterocycles. The summed E-state index contributed by atoms with van der Waals surface area (Å²) in [5, 5.41) is 19.0. The van der Waals surface area contributed by atoms with Gasteiger partial charge in [-0.3, -0.25) is 15.0 Å². The van der Waals surface area contributed by atoms with Gasteiger partial charge in [-0.1, -0.05) is 13.0 Å². The second-order valence-electron chi connectivity index (χ2n) is 6.71. The van der Waals surface area contributed by atoms with Crippen molar-refractivity contribution in [1.29, 1.82) is 0 Å². The zero-order valence-corrected chi connectivity index (χ0v) is 16.8. The third kappa shape index (κ3) is 3.91. The number of rotatable bonds is 6. The second kappa shape index (κ2) is 7.94. The average Bonchev–Trinajstić information content (AvgIpc) is 3.16. The lowest BCUT2D eigenvalue weighted by Crippen LogP contribution is -2.49. The fourth-order valence-electron chi connectivity index (χ4n) is 3.19. The largest absolute Gasteiger partial charge is 0.424 e. The molecule has 1 fully saturated rings. The molecule has 0 spiro atoms. The minimum absolute atomic E-state index is 0.0207. The smallest absolute Gasteiger partial charge is 0.270 e. The van der Waals surface area contributed by atoms with E-state index in [1.54, 1.807) is 6.92 Å². The van der Waals surface area contributed by atoms with Crippen LogP contribution in [0.25, 0.3) is 0 Å². The third-order valence-corrected chi connectivity index (χ3v) is 7.00. The van der Waals surface area contributed by atoms with Crippen LogP contribution in [0.1, 0.15) is 37.2 Å². The molecule has 1 aromatic carbocycles. The fraction of sp³-hybridized carbons (Fsp3) is 0.529. The number of hydrogen-bond acceptors (Lipinski definition) is 8. The van der Waals surface area contributed by atoms with Gasteiger partial charge < -0.3 is 4.42 Å². The summed E-state index contributed by atoms with van der Waals surface area (Å²) in [6.07, 6.45) is 0.661. The van der Waals surface area contributed by atoms with Gasteiger partial charge in [0.1, 0.15) is 0 Å². The van der Waals surface area contributed by atoms with E-state index in [0.717, 1.165) is 6.07 Å². The third-order valence-electron chi connectivity index (χ3n) is 4.96. The normalized spacial score (nSPS) is 17.5. The van der Waals surface area contributed by atoms with Crippen molar-refractivity contribution >= 4 is 15.7 Å². The maximum Gasteiger partial charge on any atom is 0.270 e. The molecule has 152 valence electrons. The van der Waals surface area contributed by atoms with Gasteiger partial charge in [0.2, 0.25) is 21.8 Å². The highest BCUT2D eigenvalue weighted by atomic mass is 32.2. The molecule has 2 aromatic rings. The van der Waals surface area contributed by atoms with Crippen molar-refractivity contribution in [2.24, 2.45) is 0 Å². The molecule has 0 radical (unpaired) electrons. The standard InChI is InChI=1S/C17H23N5O5S/c1-4-16-18-19-17(27-16)13(3)20-7-9-21(10-8-20)28(25,26)15-11-14(22(23)24)6-5-12(15)2/h5-6,11,13H,4,7-10H2,1-3H3. The number of non-ortho nitro benzene ring substituents is 1. The molecular weight excluding hydrogens is 386 g/mol. The predicted molar refractivity (Wildman–Crippen MR) is 100 cm³/mol. The topological polar surface area (TPSA) is 123 Å². The lowest BCUT2D eigenvalue weighted by Gasteiger charge is -2.36. The lowest BCUT2D eigenvalue weighted by atomic mass is 10.2. The number of nitro benzene ring substituents is 1. The molecular formula is C17H23N5O5S. The van der Waals surface area contributed by atoms with Crippen LogP contribution in [0.2, 0.25) is 0 Å². The van der Waals surface area contributed by atoms with Gasteiger partial charge in [0.05, 0.1) is 15.9 Å². The van der Waals surface area contributed by atoms with E-state index in [1.165, 1.54) is 16.4 Å². The zero-order chi connectivity index (χ0) is 20.5. The van der Waals surface area contributed by atoms with Gasteiger partial charge in [-0.25, -0.2) is 8.42 Å². The highest BCUT2D eigenvalue weighted by Crippen LogP contribution is 2.27. The van der Waals surface area contributed by atoms with Crippen LogP contribution in [0.15, 0.2) is 27.5 Å². The van der Waals surface area contributed by atoms with E-state index in [0.29, 0.717) is 36.9 Å². The van der Waals surface area contributed by atoms with Crippen LogP contribution in [0, 0.1) is 17.0 Å². The monoisotopic (exact) mass is 409 g/mol. The highest BCUT2D eigenvalue weighted by Gasteiger charge is 2.33. The van der Waals surface area contributed by atoms with Crippen LogP contribution in [0.4, 0.5) is 5.69 Å². The van der Waals surface area contributed by atoms with E-state index in [2.05, 4.69) is 15.1 Å². The maximum atomic E-state index is 13.0. The number of benzene rings is 1. The molecule has 11 heteroatoms. The first-order valence-electron chi connectivity index (χ1n) is 9.05. The van der Waals surface area contributed by atoms with Gasteiger partial charge in [-0.2, -0.15) is 4.31 Å². The second-order valence-corrected chi connectivity index (χ2v) is 8.62. The van der Waals surface area contributed by atoms with Crippen LogP contribution in [-0.2, 0) is 16.4 Å². The molecule has 0 saturated carbocycles. The summed E-state index contributed by atoms with van der Waals surface area (Å²) in [6.45, 7) is 7.07. The minimum Gasteiger partial charge on any atom is -0.424 e. The average molecular weight is 409 g/mol. The number of sulfonamides is 1. The van der Waals surface area contributed by atoms with E-state index in [1.807, 2.05) is 13.8 Å². The Labute approximate surface area is 163 Å². The van der Waals surface area contributed by atoms with E-state index in [4.69, 9.17) is 4.42 Å². The molecule has 0 bridgehead atoms. The van der Waals surface area contributed by atoms with E-state index < -0.39 is 14.9 Å². The molecule has 3 rings (SSSR count). The summed E-state index contributed by atoms with van der Waals surface area (Å²) in [5.41, 5.74) is 0.249. The first-order valence-corrected chi connectivity index (χ1v) is 10.5. The predicted octanol–water partition coefficient (Wildman–Crippen LogP) is 1.92. The number of piperazine rings is 1. The summed E-state index contributed by atoms with van der Waals surface area (Å²) in [6, 6.07) is 3.79. The molecule has 0 amide bonds. The molecule has 1 aliphatic rings. The molecule has 1 aliphatic heterocycles. The summed E-state index contributed by atoms with van der Waals surface area (Å²) in [7, 11) is -3.81. The molecule has 10 nitrogen and oxygen atoms in total. The molecule has 28 heavy (non-hydrogen) atoms. The lowest BCUT2D eigenvalue weighted by molar-refractivity contribution is -0.385. The first-order chi connectivity index (χ1) is 13.2. The van der Waals surface area contributed by atoms with Crippen molar-refractivity contribution in [2.75, 3.05) is 26.2 Å². The summed E-state index contributed by atoms with van der Waals surface area (Å²) < 4.78 is 33.0. The van der Waals surface area contributed by atoms with Crippen molar-refractivity contribution in [3.05, 3.63) is 45.7 Å². The van der Waals surface area contributed by atoms with Crippen LogP contribution < -0.4 is 0 Å². The Balaban J connectivity index is 1.73. The Kier molecular flexibility index (Phi) is 5.77. The van der Waals surface area contributed by atoms with Gasteiger partial charge in [-0.05, 0) is 19.4 Å². The Morgan fingerprint density at radius 2 is 1.93 bits per heavy atom. The molecule has 0 N–H and O–H groups in total. The summed E-state index contributed by atoms with van der Waals surface area (Å²) in [4.78, 5) is 12.5. The number of hydrogen-bond donors (Lipinski definition) is 0. The van der Waals surface area contributed by atoms with Crippen molar-refractivity contribution in [1.82, 2.24) is 19.4 Å². The highest BCUT2D eigenvalue weighted by molar-refractivity contribution is 7.89. The molecule has 0 aliphatic carbocycles. The quantitative estimate of drug-likeness (QED) is 0.524. The number of nitro groups is 1. The van der Waals surface area contributed by atoms with Crippen LogP contribution in [0.3, 0.4) is 0 Å². The Hall–Kier alpha value is -2.37. The van der Waals surface area contributed by atoms with Crippen molar-refractivity contribution < 1.29 is 17.8 Å². The maximum absolute atomic E-state index is 13.0. The van der Waals surface area contributed by atoms with Gasteiger partial charge in [0.15, 0.2) is 0 Å². The SMILES string of the molecule is CCc1nnc(C(C)N2CCN(S(=O)(=O)c3cc([N+](=O)[O-])ccc3C)CC2)o1.